The van der Waals surface area contributed by atoms with E-state index in [9.17, 15) is 0 Å². The van der Waals surface area contributed by atoms with E-state index in [-0.39, 0.29) is 0 Å². The van der Waals surface area contributed by atoms with Crippen molar-refractivity contribution in [2.24, 2.45) is 11.8 Å². The highest BCUT2D eigenvalue weighted by molar-refractivity contribution is 4.76. The van der Waals surface area contributed by atoms with Gasteiger partial charge in [0.25, 0.3) is 0 Å². The number of rotatable bonds is 3. The van der Waals surface area contributed by atoms with Gasteiger partial charge < -0.3 is 4.90 Å². The van der Waals surface area contributed by atoms with E-state index in [1.54, 1.807) is 6.42 Å². The van der Waals surface area contributed by atoms with Crippen molar-refractivity contribution in [2.75, 3.05) is 19.6 Å². The molecule has 1 nitrogen and oxygen atoms in total. The molecule has 15 heavy (non-hydrogen) atoms. The van der Waals surface area contributed by atoms with Gasteiger partial charge in [-0.25, -0.2) is 0 Å². The van der Waals surface area contributed by atoms with Gasteiger partial charge in [0.05, 0.1) is 0 Å². The second-order valence-electron chi connectivity index (χ2n) is 5.62. The van der Waals surface area contributed by atoms with Crippen LogP contribution < -0.4 is 0 Å². The molecule has 1 aliphatic carbocycles. The van der Waals surface area contributed by atoms with Gasteiger partial charge in [-0.15, -0.1) is 0 Å². The van der Waals surface area contributed by atoms with Crippen molar-refractivity contribution in [3.8, 4) is 0 Å². The molecule has 0 atom stereocenters. The summed E-state index contributed by atoms with van der Waals surface area (Å²) in [5.74, 6) is 2.16. The smallest absolute Gasteiger partial charge is 0.00162 e. The van der Waals surface area contributed by atoms with E-state index in [0.29, 0.717) is 0 Å². The van der Waals surface area contributed by atoms with Crippen LogP contribution in [0.4, 0.5) is 0 Å². The van der Waals surface area contributed by atoms with Gasteiger partial charge >= 0.3 is 0 Å². The van der Waals surface area contributed by atoms with Gasteiger partial charge in [-0.3, -0.25) is 0 Å². The lowest BCUT2D eigenvalue weighted by molar-refractivity contribution is 0.163. The number of hydrogen-bond acceptors (Lipinski definition) is 1. The highest BCUT2D eigenvalue weighted by atomic mass is 15.1. The third-order valence-corrected chi connectivity index (χ3v) is 4.55. The third-order valence-electron chi connectivity index (χ3n) is 4.55. The van der Waals surface area contributed by atoms with Crippen molar-refractivity contribution in [1.29, 1.82) is 0 Å². The summed E-state index contributed by atoms with van der Waals surface area (Å²) in [6.45, 7) is 6.29. The largest absolute Gasteiger partial charge is 0.304 e. The van der Waals surface area contributed by atoms with Crippen molar-refractivity contribution >= 4 is 0 Å². The molecule has 1 heteroatoms. The highest BCUT2D eigenvalue weighted by Gasteiger charge is 2.22. The Hall–Kier alpha value is -0.0400. The van der Waals surface area contributed by atoms with Crippen LogP contribution in [0, 0.1) is 11.8 Å². The molecule has 1 saturated carbocycles. The molecule has 1 aliphatic heterocycles. The zero-order valence-corrected chi connectivity index (χ0v) is 10.4. The van der Waals surface area contributed by atoms with Gasteiger partial charge in [0.1, 0.15) is 0 Å². The molecule has 1 saturated heterocycles. The summed E-state index contributed by atoms with van der Waals surface area (Å²) in [6, 6.07) is 0. The molecule has 0 aromatic heterocycles. The number of nitrogens with zero attached hydrogens (tertiary/aromatic N) is 1. The molecule has 0 bridgehead atoms. The first-order valence-electron chi connectivity index (χ1n) is 7.11. The second-order valence-corrected chi connectivity index (χ2v) is 5.62. The molecule has 0 amide bonds. The van der Waals surface area contributed by atoms with Crippen molar-refractivity contribution in [2.45, 2.75) is 58.3 Å². The topological polar surface area (TPSA) is 3.24 Å². The van der Waals surface area contributed by atoms with Crippen molar-refractivity contribution in [3.05, 3.63) is 0 Å². The Balaban J connectivity index is 1.67. The van der Waals surface area contributed by atoms with Crippen molar-refractivity contribution in [1.82, 2.24) is 4.90 Å². The summed E-state index contributed by atoms with van der Waals surface area (Å²) >= 11 is 0. The third kappa shape index (κ3) is 3.48. The maximum absolute atomic E-state index is 2.61. The molecule has 2 fully saturated rings. The van der Waals surface area contributed by atoms with E-state index in [4.69, 9.17) is 0 Å². The van der Waals surface area contributed by atoms with Crippen LogP contribution in [0.5, 0.6) is 0 Å². The van der Waals surface area contributed by atoms with Gasteiger partial charge in [-0.05, 0) is 50.7 Å². The lowest BCUT2D eigenvalue weighted by Crippen LogP contribution is -2.34. The Labute approximate surface area is 95.2 Å². The maximum atomic E-state index is 2.61. The van der Waals surface area contributed by atoms with E-state index in [1.165, 1.54) is 64.6 Å². The van der Waals surface area contributed by atoms with Crippen LogP contribution in [0.15, 0.2) is 0 Å². The van der Waals surface area contributed by atoms with Crippen LogP contribution in [0.2, 0.25) is 0 Å². The molecule has 0 aromatic carbocycles. The predicted molar refractivity (Wildman–Crippen MR) is 66.0 cm³/mol. The van der Waals surface area contributed by atoms with Gasteiger partial charge in [-0.2, -0.15) is 0 Å². The molecule has 0 aromatic rings. The lowest BCUT2D eigenvalue weighted by atomic mass is 9.80. The van der Waals surface area contributed by atoms with Gasteiger partial charge in [0.15, 0.2) is 0 Å². The zero-order chi connectivity index (χ0) is 10.5. The molecule has 1 heterocycles. The van der Waals surface area contributed by atoms with Crippen LogP contribution in [-0.2, 0) is 0 Å². The minimum atomic E-state index is 1.07. The fourth-order valence-electron chi connectivity index (χ4n) is 3.43. The van der Waals surface area contributed by atoms with Crippen molar-refractivity contribution in [3.63, 3.8) is 0 Å². The fourth-order valence-corrected chi connectivity index (χ4v) is 3.43. The summed E-state index contributed by atoms with van der Waals surface area (Å²) in [4.78, 5) is 2.61. The van der Waals surface area contributed by atoms with Gasteiger partial charge in [0.2, 0.25) is 0 Å². The quantitative estimate of drug-likeness (QED) is 0.685. The lowest BCUT2D eigenvalue weighted by Gasteiger charge is -2.33. The van der Waals surface area contributed by atoms with E-state index in [0.717, 1.165) is 11.8 Å². The minimum absolute atomic E-state index is 1.07. The molecular weight excluding hydrogens is 182 g/mol. The molecule has 2 rings (SSSR count). The molecule has 2 aliphatic rings. The molecular formula is C14H27N. The zero-order valence-electron chi connectivity index (χ0n) is 10.4. The second kappa shape index (κ2) is 5.89. The monoisotopic (exact) mass is 209 g/mol. The van der Waals surface area contributed by atoms with Crippen LogP contribution in [-0.4, -0.2) is 24.5 Å². The summed E-state index contributed by atoms with van der Waals surface area (Å²) in [6.07, 6.45) is 12.1. The Bertz CT molecular complexity index is 164. The van der Waals surface area contributed by atoms with Crippen LogP contribution in [0.25, 0.3) is 0 Å². The van der Waals surface area contributed by atoms with E-state index in [2.05, 4.69) is 11.8 Å². The Morgan fingerprint density at radius 2 is 1.47 bits per heavy atom. The molecule has 88 valence electrons. The van der Waals surface area contributed by atoms with Crippen LogP contribution in [0.3, 0.4) is 0 Å². The normalized spacial score (nSPS) is 27.0. The maximum Gasteiger partial charge on any atom is -0.00162 e. The molecule has 0 N–H and O–H groups in total. The van der Waals surface area contributed by atoms with Gasteiger partial charge in [0, 0.05) is 0 Å². The molecule has 0 spiro atoms. The molecule has 0 unspecified atom stereocenters. The summed E-state index contributed by atoms with van der Waals surface area (Å²) in [7, 11) is 0. The average molecular weight is 209 g/mol. The first kappa shape index (κ1) is 11.4. The number of piperidine rings is 1. The number of hydrogen-bond donors (Lipinski definition) is 0. The Morgan fingerprint density at radius 3 is 2.07 bits per heavy atom. The summed E-state index contributed by atoms with van der Waals surface area (Å²) < 4.78 is 0. The molecule has 0 radical (unpaired) electrons. The Kier molecular flexibility index (Phi) is 4.49. The average Bonchev–Trinajstić information content (AvgIpc) is 2.31. The van der Waals surface area contributed by atoms with Crippen LogP contribution >= 0.6 is 0 Å². The SMILES string of the molecule is CCN1CCC(CC2CCCCC2)CC1. The van der Waals surface area contributed by atoms with Crippen LogP contribution in [0.1, 0.15) is 58.3 Å². The first-order chi connectivity index (χ1) is 7.38. The van der Waals surface area contributed by atoms with Gasteiger partial charge in [-0.1, -0.05) is 39.0 Å². The number of likely N-dealkylation sites (tertiary alicyclic amines) is 1. The highest BCUT2D eigenvalue weighted by Crippen LogP contribution is 2.32. The Morgan fingerprint density at radius 1 is 0.867 bits per heavy atom. The van der Waals surface area contributed by atoms with E-state index < -0.39 is 0 Å². The fraction of sp³-hybridized carbons (Fsp3) is 1.00. The summed E-state index contributed by atoms with van der Waals surface area (Å²) in [5, 5.41) is 0. The first-order valence-corrected chi connectivity index (χ1v) is 7.11. The minimum Gasteiger partial charge on any atom is -0.304 e. The standard InChI is InChI=1S/C14H27N/c1-2-15-10-8-14(9-11-15)12-13-6-4-3-5-7-13/h13-14H,2-12H2,1H3. The van der Waals surface area contributed by atoms with Crippen molar-refractivity contribution < 1.29 is 0 Å². The van der Waals surface area contributed by atoms with E-state index >= 15 is 0 Å². The van der Waals surface area contributed by atoms with E-state index in [1.807, 2.05) is 0 Å². The predicted octanol–water partition coefficient (Wildman–Crippen LogP) is 3.69. The summed E-state index contributed by atoms with van der Waals surface area (Å²) in [5.41, 5.74) is 0.